The van der Waals surface area contributed by atoms with Gasteiger partial charge in [0.25, 0.3) is 0 Å². The fraction of sp³-hybridized carbons (Fsp3) is 0.625. The van der Waals surface area contributed by atoms with E-state index in [-0.39, 0.29) is 17.7 Å². The van der Waals surface area contributed by atoms with Crippen LogP contribution in [0.15, 0.2) is 18.2 Å². The van der Waals surface area contributed by atoms with Gasteiger partial charge in [-0.3, -0.25) is 0 Å². The van der Waals surface area contributed by atoms with Crippen molar-refractivity contribution < 1.29 is 19.0 Å². The van der Waals surface area contributed by atoms with E-state index in [2.05, 4.69) is 13.8 Å². The molecule has 2 atom stereocenters. The third kappa shape index (κ3) is 3.30. The van der Waals surface area contributed by atoms with Crippen molar-refractivity contribution in [2.45, 2.75) is 44.8 Å². The first-order valence-corrected chi connectivity index (χ1v) is 7.10. The van der Waals surface area contributed by atoms with Crippen molar-refractivity contribution >= 4 is 0 Å². The van der Waals surface area contributed by atoms with Crippen molar-refractivity contribution in [2.24, 2.45) is 5.92 Å². The molecule has 1 aliphatic rings. The molecule has 0 aromatic heterocycles. The summed E-state index contributed by atoms with van der Waals surface area (Å²) < 4.78 is 24.8. The monoisotopic (exact) mass is 282 g/mol. The normalized spacial score (nSPS) is 26.8. The summed E-state index contributed by atoms with van der Waals surface area (Å²) in [6, 6.07) is 5.04. The van der Waals surface area contributed by atoms with Gasteiger partial charge < -0.3 is 14.6 Å². The molecule has 20 heavy (non-hydrogen) atoms. The van der Waals surface area contributed by atoms with Crippen molar-refractivity contribution in [3.63, 3.8) is 0 Å². The van der Waals surface area contributed by atoms with Gasteiger partial charge in [0.2, 0.25) is 0 Å². The smallest absolute Gasteiger partial charge is 0.168 e. The van der Waals surface area contributed by atoms with E-state index >= 15 is 0 Å². The summed E-state index contributed by atoms with van der Waals surface area (Å²) in [6.45, 7) is 4.66. The van der Waals surface area contributed by atoms with E-state index in [4.69, 9.17) is 9.47 Å². The zero-order valence-corrected chi connectivity index (χ0v) is 12.4. The van der Waals surface area contributed by atoms with Crippen LogP contribution in [-0.2, 0) is 11.2 Å². The molecule has 0 aliphatic carbocycles. The molecule has 0 saturated carbocycles. The van der Waals surface area contributed by atoms with Gasteiger partial charge in [-0.2, -0.15) is 0 Å². The first-order valence-electron chi connectivity index (χ1n) is 7.10. The highest BCUT2D eigenvalue weighted by Gasteiger charge is 2.37. The lowest BCUT2D eigenvalue weighted by atomic mass is 9.82. The highest BCUT2D eigenvalue weighted by atomic mass is 19.1. The molecule has 1 aliphatic heterocycles. The Kier molecular flexibility index (Phi) is 4.66. The first-order chi connectivity index (χ1) is 9.45. The van der Waals surface area contributed by atoms with E-state index in [0.717, 1.165) is 0 Å². The second-order valence-electron chi connectivity index (χ2n) is 5.94. The molecule has 0 radical (unpaired) electrons. The van der Waals surface area contributed by atoms with Crippen LogP contribution < -0.4 is 4.74 Å². The van der Waals surface area contributed by atoms with E-state index in [1.807, 2.05) is 0 Å². The molecule has 2 unspecified atom stereocenters. The van der Waals surface area contributed by atoms with Crippen molar-refractivity contribution in [1.82, 2.24) is 0 Å². The Morgan fingerprint density at radius 3 is 2.90 bits per heavy atom. The van der Waals surface area contributed by atoms with Crippen LogP contribution in [0.25, 0.3) is 0 Å². The maximum Gasteiger partial charge on any atom is 0.168 e. The third-order valence-electron chi connectivity index (χ3n) is 4.01. The summed E-state index contributed by atoms with van der Waals surface area (Å²) in [5.41, 5.74) is -0.406. The minimum absolute atomic E-state index is 0.0300. The highest BCUT2D eigenvalue weighted by molar-refractivity contribution is 5.32. The summed E-state index contributed by atoms with van der Waals surface area (Å²) in [5.74, 6) is 0.187. The van der Waals surface area contributed by atoms with E-state index in [1.165, 1.54) is 7.11 Å². The Bertz CT molecular complexity index is 461. The zero-order chi connectivity index (χ0) is 14.8. The van der Waals surface area contributed by atoms with Gasteiger partial charge in [0.05, 0.1) is 18.8 Å². The van der Waals surface area contributed by atoms with Gasteiger partial charge in [0.1, 0.15) is 0 Å². The summed E-state index contributed by atoms with van der Waals surface area (Å²) in [7, 11) is 1.44. The molecule has 1 fully saturated rings. The molecule has 0 amide bonds. The van der Waals surface area contributed by atoms with Crippen LogP contribution in [0.4, 0.5) is 4.39 Å². The maximum absolute atomic E-state index is 14.2. The Labute approximate surface area is 119 Å². The number of hydrogen-bond donors (Lipinski definition) is 1. The van der Waals surface area contributed by atoms with Crippen LogP contribution in [0.2, 0.25) is 0 Å². The van der Waals surface area contributed by atoms with E-state index in [9.17, 15) is 9.50 Å². The van der Waals surface area contributed by atoms with Crippen LogP contribution in [0.1, 0.15) is 32.3 Å². The average molecular weight is 282 g/mol. The van der Waals surface area contributed by atoms with Gasteiger partial charge in [0, 0.05) is 19.4 Å². The Morgan fingerprint density at radius 1 is 1.50 bits per heavy atom. The summed E-state index contributed by atoms with van der Waals surface area (Å²) in [6.07, 6.45) is 1.40. The summed E-state index contributed by atoms with van der Waals surface area (Å²) in [5, 5.41) is 10.7. The third-order valence-corrected chi connectivity index (χ3v) is 4.01. The molecule has 1 heterocycles. The van der Waals surface area contributed by atoms with Crippen LogP contribution in [0.3, 0.4) is 0 Å². The molecule has 112 valence electrons. The predicted molar refractivity (Wildman–Crippen MR) is 75.4 cm³/mol. The van der Waals surface area contributed by atoms with Gasteiger partial charge in [-0.05, 0) is 24.0 Å². The molecule has 3 nitrogen and oxygen atoms in total. The Balaban J connectivity index is 2.16. The van der Waals surface area contributed by atoms with E-state index < -0.39 is 5.60 Å². The molecular weight excluding hydrogens is 259 g/mol. The Hall–Kier alpha value is -1.13. The molecule has 1 saturated heterocycles. The molecule has 1 aromatic rings. The molecule has 4 heteroatoms. The lowest BCUT2D eigenvalue weighted by Gasteiger charge is -2.38. The van der Waals surface area contributed by atoms with Gasteiger partial charge in [-0.1, -0.05) is 26.0 Å². The van der Waals surface area contributed by atoms with Gasteiger partial charge >= 0.3 is 0 Å². The fourth-order valence-corrected chi connectivity index (χ4v) is 2.73. The van der Waals surface area contributed by atoms with Gasteiger partial charge in [-0.25, -0.2) is 4.39 Å². The molecular formula is C16H23FO3. The predicted octanol–water partition coefficient (Wildman–Crippen LogP) is 2.94. The van der Waals surface area contributed by atoms with Gasteiger partial charge in [-0.15, -0.1) is 0 Å². The molecule has 0 bridgehead atoms. The Morgan fingerprint density at radius 2 is 2.25 bits per heavy atom. The van der Waals surface area contributed by atoms with Crippen molar-refractivity contribution in [3.05, 3.63) is 29.6 Å². The number of halogens is 1. The maximum atomic E-state index is 14.2. The fourth-order valence-electron chi connectivity index (χ4n) is 2.73. The lowest BCUT2D eigenvalue weighted by Crippen LogP contribution is -2.44. The van der Waals surface area contributed by atoms with Crippen LogP contribution in [0.5, 0.6) is 5.75 Å². The highest BCUT2D eigenvalue weighted by Crippen LogP contribution is 2.33. The number of hydrogen-bond acceptors (Lipinski definition) is 3. The SMILES string of the molecule is COc1cccc(CC2(O)CCOC(C(C)C)C2)c1F. The largest absolute Gasteiger partial charge is 0.494 e. The van der Waals surface area contributed by atoms with Crippen LogP contribution >= 0.6 is 0 Å². The van der Waals surface area contributed by atoms with E-state index in [1.54, 1.807) is 18.2 Å². The number of benzene rings is 1. The standard InChI is InChI=1S/C16H23FO3/c1-11(2)14-10-16(18,7-8-20-14)9-12-5-4-6-13(19-3)15(12)17/h4-6,11,14,18H,7-10H2,1-3H3. The van der Waals surface area contributed by atoms with Crippen molar-refractivity contribution in [2.75, 3.05) is 13.7 Å². The topological polar surface area (TPSA) is 38.7 Å². The van der Waals surface area contributed by atoms with Crippen molar-refractivity contribution in [3.8, 4) is 5.75 Å². The lowest BCUT2D eigenvalue weighted by molar-refractivity contribution is -0.116. The minimum Gasteiger partial charge on any atom is -0.494 e. The second-order valence-corrected chi connectivity index (χ2v) is 5.94. The number of ether oxygens (including phenoxy) is 2. The minimum atomic E-state index is -0.902. The van der Waals surface area contributed by atoms with Crippen LogP contribution in [-0.4, -0.2) is 30.5 Å². The average Bonchev–Trinajstić information content (AvgIpc) is 2.41. The second kappa shape index (κ2) is 6.10. The molecule has 0 spiro atoms. The molecule has 2 rings (SSSR count). The summed E-state index contributed by atoms with van der Waals surface area (Å²) >= 11 is 0. The van der Waals surface area contributed by atoms with Crippen molar-refractivity contribution in [1.29, 1.82) is 0 Å². The zero-order valence-electron chi connectivity index (χ0n) is 12.4. The number of aliphatic hydroxyl groups is 1. The number of rotatable bonds is 4. The summed E-state index contributed by atoms with van der Waals surface area (Å²) in [4.78, 5) is 0. The molecule has 1 N–H and O–H groups in total. The quantitative estimate of drug-likeness (QED) is 0.922. The van der Waals surface area contributed by atoms with Crippen LogP contribution in [0, 0.1) is 11.7 Å². The number of methoxy groups -OCH3 is 1. The first kappa shape index (κ1) is 15.3. The molecule has 1 aromatic carbocycles. The van der Waals surface area contributed by atoms with E-state index in [0.29, 0.717) is 37.4 Å². The van der Waals surface area contributed by atoms with Gasteiger partial charge in [0.15, 0.2) is 11.6 Å².